The van der Waals surface area contributed by atoms with Gasteiger partial charge in [-0.15, -0.1) is 6.58 Å². The van der Waals surface area contributed by atoms with Gasteiger partial charge in [0.1, 0.15) is 5.60 Å². The fraction of sp³-hybridized carbons (Fsp3) is 0.421. The summed E-state index contributed by atoms with van der Waals surface area (Å²) in [5.41, 5.74) is -0.601. The van der Waals surface area contributed by atoms with Gasteiger partial charge in [0, 0.05) is 17.9 Å². The zero-order valence-corrected chi connectivity index (χ0v) is 15.8. The Labute approximate surface area is 149 Å². The zero-order valence-electron chi connectivity index (χ0n) is 14.9. The van der Waals surface area contributed by atoms with Crippen molar-refractivity contribution in [3.8, 4) is 0 Å². The van der Waals surface area contributed by atoms with E-state index < -0.39 is 21.5 Å². The second-order valence-electron chi connectivity index (χ2n) is 6.96. The third-order valence-corrected chi connectivity index (χ3v) is 5.74. The van der Waals surface area contributed by atoms with Gasteiger partial charge in [-0.2, -0.15) is 0 Å². The molecular formula is C19H25NO4S. The third-order valence-electron chi connectivity index (χ3n) is 3.81. The quantitative estimate of drug-likeness (QED) is 0.760. The minimum Gasteiger partial charge on any atom is -0.444 e. The highest BCUT2D eigenvalue weighted by Crippen LogP contribution is 2.29. The molecule has 0 radical (unpaired) electrons. The number of hydrogen-bond acceptors (Lipinski definition) is 4. The van der Waals surface area contributed by atoms with Crippen molar-refractivity contribution < 1.29 is 17.9 Å². The molecule has 0 spiro atoms. The van der Waals surface area contributed by atoms with E-state index in [4.69, 9.17) is 4.74 Å². The fourth-order valence-corrected chi connectivity index (χ4v) is 4.19. The summed E-state index contributed by atoms with van der Waals surface area (Å²) >= 11 is 0. The van der Waals surface area contributed by atoms with Gasteiger partial charge in [-0.25, -0.2) is 13.2 Å². The first kappa shape index (κ1) is 19.2. The molecule has 136 valence electrons. The predicted octanol–water partition coefficient (Wildman–Crippen LogP) is 3.93. The van der Waals surface area contributed by atoms with Gasteiger partial charge in [-0.1, -0.05) is 24.3 Å². The zero-order chi connectivity index (χ0) is 18.7. The molecule has 0 saturated carbocycles. The van der Waals surface area contributed by atoms with Crippen LogP contribution in [0.3, 0.4) is 0 Å². The molecule has 1 atom stereocenters. The standard InChI is InChI=1S/C19H25NO4S/c1-5-9-15-14-17(25(22,23)16-10-7-6-8-11-16)12-13-20(15)18(21)24-19(2,3)4/h5-8,10-11,14-15H,1,9,12-13H2,2-4H3. The predicted molar refractivity (Wildman–Crippen MR) is 97.9 cm³/mol. The number of benzene rings is 1. The Morgan fingerprint density at radius 3 is 2.52 bits per heavy atom. The van der Waals surface area contributed by atoms with Gasteiger partial charge < -0.3 is 9.64 Å². The molecule has 1 aliphatic heterocycles. The van der Waals surface area contributed by atoms with Crippen molar-refractivity contribution in [2.24, 2.45) is 0 Å². The van der Waals surface area contributed by atoms with E-state index >= 15 is 0 Å². The Balaban J connectivity index is 2.31. The van der Waals surface area contributed by atoms with E-state index in [0.29, 0.717) is 17.9 Å². The molecule has 0 fully saturated rings. The number of nitrogens with zero attached hydrogens (tertiary/aromatic N) is 1. The fourth-order valence-electron chi connectivity index (χ4n) is 2.67. The second kappa shape index (κ2) is 7.44. The second-order valence-corrected chi connectivity index (χ2v) is 8.97. The molecule has 0 bridgehead atoms. The van der Waals surface area contributed by atoms with Crippen molar-refractivity contribution in [2.75, 3.05) is 6.54 Å². The van der Waals surface area contributed by atoms with Crippen LogP contribution >= 0.6 is 0 Å². The summed E-state index contributed by atoms with van der Waals surface area (Å²) in [5.74, 6) is 0. The number of carbonyl (C=O) groups excluding carboxylic acids is 1. The lowest BCUT2D eigenvalue weighted by molar-refractivity contribution is 0.0193. The number of ether oxygens (including phenoxy) is 1. The molecule has 0 saturated heterocycles. The van der Waals surface area contributed by atoms with Crippen molar-refractivity contribution in [3.05, 3.63) is 54.0 Å². The Morgan fingerprint density at radius 2 is 1.96 bits per heavy atom. The van der Waals surface area contributed by atoms with Crippen LogP contribution in [0.15, 0.2) is 58.9 Å². The highest BCUT2D eigenvalue weighted by Gasteiger charge is 2.33. The monoisotopic (exact) mass is 363 g/mol. The lowest BCUT2D eigenvalue weighted by Crippen LogP contribution is -2.45. The van der Waals surface area contributed by atoms with Crippen LogP contribution in [0.4, 0.5) is 4.79 Å². The molecule has 1 aliphatic rings. The smallest absolute Gasteiger partial charge is 0.410 e. The lowest BCUT2D eigenvalue weighted by Gasteiger charge is -2.35. The molecule has 0 aromatic heterocycles. The average molecular weight is 363 g/mol. The van der Waals surface area contributed by atoms with Gasteiger partial charge in [0.15, 0.2) is 0 Å². The summed E-state index contributed by atoms with van der Waals surface area (Å²) in [6.07, 6.45) is 3.62. The van der Waals surface area contributed by atoms with Crippen LogP contribution in [0.2, 0.25) is 0 Å². The summed E-state index contributed by atoms with van der Waals surface area (Å²) in [6, 6.07) is 7.96. The van der Waals surface area contributed by atoms with Crippen molar-refractivity contribution in [2.45, 2.75) is 50.2 Å². The minimum atomic E-state index is -3.55. The van der Waals surface area contributed by atoms with Crippen LogP contribution in [0, 0.1) is 0 Å². The minimum absolute atomic E-state index is 0.268. The molecule has 1 aromatic carbocycles. The third kappa shape index (κ3) is 4.72. The normalized spacial score (nSPS) is 18.4. The Bertz CT molecular complexity index is 760. The van der Waals surface area contributed by atoms with Gasteiger partial charge in [0.2, 0.25) is 9.84 Å². The first-order valence-corrected chi connectivity index (χ1v) is 9.75. The maximum absolute atomic E-state index is 12.8. The van der Waals surface area contributed by atoms with E-state index in [9.17, 15) is 13.2 Å². The van der Waals surface area contributed by atoms with Crippen LogP contribution in [0.1, 0.15) is 33.6 Å². The summed E-state index contributed by atoms with van der Waals surface area (Å²) in [5, 5.41) is 0. The molecule has 5 nitrogen and oxygen atoms in total. The number of rotatable bonds is 4. The van der Waals surface area contributed by atoms with Crippen molar-refractivity contribution in [1.82, 2.24) is 4.90 Å². The molecule has 1 unspecified atom stereocenters. The first-order valence-electron chi connectivity index (χ1n) is 8.26. The molecule has 25 heavy (non-hydrogen) atoms. The first-order chi connectivity index (χ1) is 11.6. The largest absolute Gasteiger partial charge is 0.444 e. The van der Waals surface area contributed by atoms with Gasteiger partial charge >= 0.3 is 6.09 Å². The van der Waals surface area contributed by atoms with Crippen LogP contribution in [0.5, 0.6) is 0 Å². The summed E-state index contributed by atoms with van der Waals surface area (Å²) < 4.78 is 31.1. The van der Waals surface area contributed by atoms with Crippen molar-refractivity contribution in [3.63, 3.8) is 0 Å². The van der Waals surface area contributed by atoms with Crippen molar-refractivity contribution >= 4 is 15.9 Å². The molecule has 6 heteroatoms. The topological polar surface area (TPSA) is 63.7 Å². The van der Waals surface area contributed by atoms with Gasteiger partial charge in [-0.3, -0.25) is 0 Å². The maximum Gasteiger partial charge on any atom is 0.410 e. The van der Waals surface area contributed by atoms with E-state index in [1.165, 1.54) is 0 Å². The van der Waals surface area contributed by atoms with Gasteiger partial charge in [0.05, 0.1) is 10.9 Å². The molecule has 2 rings (SSSR count). The Kier molecular flexibility index (Phi) is 5.72. The van der Waals surface area contributed by atoms with Crippen LogP contribution in [0.25, 0.3) is 0 Å². The number of amides is 1. The van der Waals surface area contributed by atoms with E-state index in [2.05, 4.69) is 6.58 Å². The number of sulfone groups is 1. The molecule has 1 amide bonds. The maximum atomic E-state index is 12.8. The molecule has 0 N–H and O–H groups in total. The molecule has 0 aliphatic carbocycles. The summed E-state index contributed by atoms with van der Waals surface area (Å²) in [4.78, 5) is 14.6. The SMILES string of the molecule is C=CCC1C=C(S(=O)(=O)c2ccccc2)CCN1C(=O)OC(C)(C)C. The van der Waals surface area contributed by atoms with E-state index in [0.717, 1.165) is 0 Å². The highest BCUT2D eigenvalue weighted by atomic mass is 32.2. The van der Waals surface area contributed by atoms with Crippen molar-refractivity contribution in [1.29, 1.82) is 0 Å². The Hall–Kier alpha value is -2.08. The van der Waals surface area contributed by atoms with Gasteiger partial charge in [-0.05, 0) is 45.4 Å². The van der Waals surface area contributed by atoms with Crippen LogP contribution < -0.4 is 0 Å². The van der Waals surface area contributed by atoms with E-state index in [1.807, 2.05) is 0 Å². The highest BCUT2D eigenvalue weighted by molar-refractivity contribution is 7.95. The van der Waals surface area contributed by atoms with E-state index in [1.54, 1.807) is 68.2 Å². The van der Waals surface area contributed by atoms with Crippen LogP contribution in [-0.2, 0) is 14.6 Å². The number of carbonyl (C=O) groups is 1. The van der Waals surface area contributed by atoms with Crippen LogP contribution in [-0.4, -0.2) is 37.6 Å². The molecular weight excluding hydrogens is 338 g/mol. The lowest BCUT2D eigenvalue weighted by atomic mass is 10.1. The summed E-state index contributed by atoms with van der Waals surface area (Å²) in [6.45, 7) is 9.42. The average Bonchev–Trinajstić information content (AvgIpc) is 2.54. The van der Waals surface area contributed by atoms with Gasteiger partial charge in [0.25, 0.3) is 0 Å². The number of hydrogen-bond donors (Lipinski definition) is 0. The summed E-state index contributed by atoms with van der Waals surface area (Å²) in [7, 11) is -3.55. The van der Waals surface area contributed by atoms with E-state index in [-0.39, 0.29) is 17.4 Å². The molecule has 1 heterocycles. The Morgan fingerprint density at radius 1 is 1.32 bits per heavy atom. The molecule has 1 aromatic rings.